The van der Waals surface area contributed by atoms with E-state index in [-0.39, 0.29) is 5.97 Å². The number of ether oxygens (including phenoxy) is 2. The highest BCUT2D eigenvalue weighted by molar-refractivity contribution is 5.75. The van der Waals surface area contributed by atoms with E-state index in [1.165, 1.54) is 7.11 Å². The minimum atomic E-state index is -0.577. The van der Waals surface area contributed by atoms with Crippen LogP contribution in [0.1, 0.15) is 0 Å². The van der Waals surface area contributed by atoms with E-state index in [1.807, 2.05) is 11.9 Å². The molecule has 0 aromatic carbocycles. The Hall–Kier alpha value is -0.650. The number of likely N-dealkylation sites (N-methyl/N-ethyl adjacent to an activating group) is 1. The summed E-state index contributed by atoms with van der Waals surface area (Å²) in [4.78, 5) is 12.8. The average Bonchev–Trinajstić information content (AvgIpc) is 2.13. The predicted octanol–water partition coefficient (Wildman–Crippen LogP) is -0.935. The summed E-state index contributed by atoms with van der Waals surface area (Å²) in [6, 6.07) is -0.577. The van der Waals surface area contributed by atoms with Gasteiger partial charge in [-0.25, -0.2) is 0 Å². The fourth-order valence-corrected chi connectivity index (χ4v) is 0.900. The molecule has 5 heteroatoms. The Labute approximate surface area is 78.8 Å². The Kier molecular flexibility index (Phi) is 6.48. The number of rotatable bonds is 6. The first-order valence-electron chi connectivity index (χ1n) is 4.12. The van der Waals surface area contributed by atoms with Gasteiger partial charge in [-0.15, -0.1) is 0 Å². The molecule has 0 saturated heterocycles. The van der Waals surface area contributed by atoms with Crippen molar-refractivity contribution in [2.45, 2.75) is 6.04 Å². The Morgan fingerprint density at radius 1 is 1.54 bits per heavy atom. The molecule has 78 valence electrons. The molecular weight excluding hydrogens is 172 g/mol. The molecule has 0 heterocycles. The van der Waals surface area contributed by atoms with Crippen molar-refractivity contribution in [1.29, 1.82) is 0 Å². The number of carbonyl (C=O) groups is 1. The highest BCUT2D eigenvalue weighted by Crippen LogP contribution is 1.89. The summed E-state index contributed by atoms with van der Waals surface area (Å²) in [6.07, 6.45) is 0. The van der Waals surface area contributed by atoms with Crippen LogP contribution in [0.4, 0.5) is 0 Å². The van der Waals surface area contributed by atoms with Gasteiger partial charge in [0.25, 0.3) is 0 Å². The number of esters is 1. The van der Waals surface area contributed by atoms with E-state index in [1.54, 1.807) is 7.11 Å². The summed E-state index contributed by atoms with van der Waals surface area (Å²) in [6.45, 7) is 1.86. The number of carbonyl (C=O) groups excluding carboxylic acids is 1. The van der Waals surface area contributed by atoms with Gasteiger partial charge >= 0.3 is 5.97 Å². The van der Waals surface area contributed by atoms with E-state index in [9.17, 15) is 4.79 Å². The van der Waals surface area contributed by atoms with Gasteiger partial charge < -0.3 is 20.1 Å². The maximum atomic E-state index is 10.9. The molecule has 0 aliphatic rings. The first kappa shape index (κ1) is 12.3. The summed E-state index contributed by atoms with van der Waals surface area (Å²) < 4.78 is 9.38. The summed E-state index contributed by atoms with van der Waals surface area (Å²) in [7, 11) is 4.84. The molecule has 0 aromatic rings. The molecule has 0 aliphatic heterocycles. The molecular formula is C8H18N2O3. The van der Waals surface area contributed by atoms with Crippen LogP contribution >= 0.6 is 0 Å². The van der Waals surface area contributed by atoms with Gasteiger partial charge in [0.15, 0.2) is 0 Å². The van der Waals surface area contributed by atoms with Crippen LogP contribution in [0.3, 0.4) is 0 Å². The van der Waals surface area contributed by atoms with E-state index in [4.69, 9.17) is 10.5 Å². The topological polar surface area (TPSA) is 64.8 Å². The van der Waals surface area contributed by atoms with Crippen molar-refractivity contribution in [3.8, 4) is 0 Å². The van der Waals surface area contributed by atoms with E-state index < -0.39 is 6.04 Å². The molecule has 0 radical (unpaired) electrons. The highest BCUT2D eigenvalue weighted by atomic mass is 16.5. The second-order valence-electron chi connectivity index (χ2n) is 2.88. The zero-order valence-corrected chi connectivity index (χ0v) is 8.45. The quantitative estimate of drug-likeness (QED) is 0.548. The fourth-order valence-electron chi connectivity index (χ4n) is 0.900. The Balaban J connectivity index is 3.64. The largest absolute Gasteiger partial charge is 0.468 e. The van der Waals surface area contributed by atoms with E-state index in [0.29, 0.717) is 13.2 Å². The Bertz CT molecular complexity index is 152. The van der Waals surface area contributed by atoms with Gasteiger partial charge in [-0.1, -0.05) is 0 Å². The lowest BCUT2D eigenvalue weighted by molar-refractivity contribution is -0.142. The molecule has 0 aromatic heterocycles. The van der Waals surface area contributed by atoms with Crippen LogP contribution in [0.2, 0.25) is 0 Å². The van der Waals surface area contributed by atoms with Crippen molar-refractivity contribution in [1.82, 2.24) is 4.90 Å². The van der Waals surface area contributed by atoms with Crippen LogP contribution in [0.5, 0.6) is 0 Å². The van der Waals surface area contributed by atoms with Crippen LogP contribution in [0.25, 0.3) is 0 Å². The molecule has 1 atom stereocenters. The van der Waals surface area contributed by atoms with Crippen LogP contribution < -0.4 is 5.73 Å². The lowest BCUT2D eigenvalue weighted by atomic mass is 10.3. The third kappa shape index (κ3) is 5.57. The molecule has 0 saturated carbocycles. The van der Waals surface area contributed by atoms with Crippen molar-refractivity contribution >= 4 is 5.97 Å². The maximum Gasteiger partial charge on any atom is 0.323 e. The van der Waals surface area contributed by atoms with Crippen LogP contribution in [0.15, 0.2) is 0 Å². The zero-order chi connectivity index (χ0) is 10.3. The van der Waals surface area contributed by atoms with Gasteiger partial charge in [0.05, 0.1) is 13.7 Å². The van der Waals surface area contributed by atoms with E-state index >= 15 is 0 Å². The highest BCUT2D eigenvalue weighted by Gasteiger charge is 2.15. The van der Waals surface area contributed by atoms with Crippen molar-refractivity contribution in [2.24, 2.45) is 5.73 Å². The minimum absolute atomic E-state index is 0.385. The molecule has 0 amide bonds. The minimum Gasteiger partial charge on any atom is -0.468 e. The second kappa shape index (κ2) is 6.82. The van der Waals surface area contributed by atoms with Crippen LogP contribution in [0, 0.1) is 0 Å². The molecule has 0 rings (SSSR count). The molecule has 13 heavy (non-hydrogen) atoms. The lowest BCUT2D eigenvalue weighted by Gasteiger charge is -2.18. The first-order valence-corrected chi connectivity index (χ1v) is 4.12. The summed E-state index contributed by atoms with van der Waals surface area (Å²) in [5, 5.41) is 0. The molecule has 0 bridgehead atoms. The molecule has 0 fully saturated rings. The average molecular weight is 190 g/mol. The molecule has 0 spiro atoms. The van der Waals surface area contributed by atoms with Crippen molar-refractivity contribution in [2.75, 3.05) is 41.0 Å². The summed E-state index contributed by atoms with van der Waals surface area (Å²) in [5.74, 6) is -0.385. The SMILES string of the molecule is COCCN(C)CC(N)C(=O)OC. The lowest BCUT2D eigenvalue weighted by Crippen LogP contribution is -2.42. The number of methoxy groups -OCH3 is 2. The first-order chi connectivity index (χ1) is 6.11. The van der Waals surface area contributed by atoms with Crippen molar-refractivity contribution in [3.63, 3.8) is 0 Å². The third-order valence-electron chi connectivity index (χ3n) is 1.69. The van der Waals surface area contributed by atoms with Gasteiger partial charge in [0.1, 0.15) is 6.04 Å². The normalized spacial score (nSPS) is 13.0. The standard InChI is InChI=1S/C8H18N2O3/c1-10(4-5-12-2)6-7(9)8(11)13-3/h7H,4-6,9H2,1-3H3. The van der Waals surface area contributed by atoms with Crippen molar-refractivity contribution < 1.29 is 14.3 Å². The number of hydrogen-bond acceptors (Lipinski definition) is 5. The molecule has 5 nitrogen and oxygen atoms in total. The van der Waals surface area contributed by atoms with E-state index in [2.05, 4.69) is 4.74 Å². The third-order valence-corrected chi connectivity index (χ3v) is 1.69. The Morgan fingerprint density at radius 3 is 2.62 bits per heavy atom. The molecule has 0 aliphatic carbocycles. The zero-order valence-electron chi connectivity index (χ0n) is 8.45. The second-order valence-corrected chi connectivity index (χ2v) is 2.88. The van der Waals surface area contributed by atoms with Crippen molar-refractivity contribution in [3.05, 3.63) is 0 Å². The summed E-state index contributed by atoms with van der Waals surface area (Å²) >= 11 is 0. The monoisotopic (exact) mass is 190 g/mol. The van der Waals surface area contributed by atoms with Gasteiger partial charge in [-0.2, -0.15) is 0 Å². The Morgan fingerprint density at radius 2 is 2.15 bits per heavy atom. The number of hydrogen-bond donors (Lipinski definition) is 1. The van der Waals surface area contributed by atoms with Gasteiger partial charge in [-0.05, 0) is 7.05 Å². The number of nitrogens with two attached hydrogens (primary N) is 1. The summed E-state index contributed by atoms with van der Waals surface area (Å²) in [5.41, 5.74) is 5.54. The van der Waals surface area contributed by atoms with Gasteiger partial charge in [-0.3, -0.25) is 4.79 Å². The van der Waals surface area contributed by atoms with Gasteiger partial charge in [0.2, 0.25) is 0 Å². The van der Waals surface area contributed by atoms with Crippen LogP contribution in [-0.2, 0) is 14.3 Å². The smallest absolute Gasteiger partial charge is 0.323 e. The fraction of sp³-hybridized carbons (Fsp3) is 0.875. The number of nitrogens with zero attached hydrogens (tertiary/aromatic N) is 1. The molecule has 1 unspecified atom stereocenters. The maximum absolute atomic E-state index is 10.9. The predicted molar refractivity (Wildman–Crippen MR) is 49.4 cm³/mol. The molecule has 2 N–H and O–H groups in total. The van der Waals surface area contributed by atoms with Gasteiger partial charge in [0, 0.05) is 20.2 Å². The van der Waals surface area contributed by atoms with E-state index in [0.717, 1.165) is 6.54 Å². The van der Waals surface area contributed by atoms with Crippen LogP contribution in [-0.4, -0.2) is 57.9 Å².